The molecule has 21 heavy (non-hydrogen) atoms. The van der Waals surface area contributed by atoms with E-state index in [0.29, 0.717) is 4.31 Å². The fourth-order valence-electron chi connectivity index (χ4n) is 1.96. The van der Waals surface area contributed by atoms with E-state index in [1.54, 1.807) is 13.8 Å². The van der Waals surface area contributed by atoms with E-state index >= 15 is 0 Å². The summed E-state index contributed by atoms with van der Waals surface area (Å²) in [7, 11) is -2.96. The molecule has 0 aliphatic carbocycles. The SMILES string of the molecule is CCC(CC)N(CC(F)(F)F)S(=O)(=O)c1ncn(C)c1Cl. The Bertz CT molecular complexity index is 582. The topological polar surface area (TPSA) is 55.2 Å². The fraction of sp³-hybridized carbons (Fsp3) is 0.727. The molecule has 0 unspecified atom stereocenters. The molecule has 0 fully saturated rings. The third-order valence-electron chi connectivity index (χ3n) is 3.07. The average Bonchev–Trinajstić information content (AvgIpc) is 2.69. The lowest BCUT2D eigenvalue weighted by atomic mass is 10.2. The van der Waals surface area contributed by atoms with Crippen LogP contribution in [0.5, 0.6) is 0 Å². The molecule has 0 aliphatic heterocycles. The van der Waals surface area contributed by atoms with Crippen LogP contribution in [0.1, 0.15) is 26.7 Å². The zero-order valence-electron chi connectivity index (χ0n) is 11.9. The maximum atomic E-state index is 12.7. The molecule has 0 atom stereocenters. The zero-order valence-corrected chi connectivity index (χ0v) is 13.4. The van der Waals surface area contributed by atoms with E-state index in [0.717, 1.165) is 6.33 Å². The number of nitrogens with zero attached hydrogens (tertiary/aromatic N) is 3. The number of aryl methyl sites for hydroxylation is 1. The van der Waals surface area contributed by atoms with Gasteiger partial charge in [-0.15, -0.1) is 0 Å². The van der Waals surface area contributed by atoms with Crippen molar-refractivity contribution in [1.29, 1.82) is 0 Å². The second-order valence-electron chi connectivity index (χ2n) is 4.59. The van der Waals surface area contributed by atoms with E-state index < -0.39 is 33.8 Å². The molecule has 0 radical (unpaired) electrons. The molecule has 5 nitrogen and oxygen atoms in total. The summed E-state index contributed by atoms with van der Waals surface area (Å²) in [6, 6.07) is -0.769. The molecule has 122 valence electrons. The van der Waals surface area contributed by atoms with Crippen LogP contribution < -0.4 is 0 Å². The maximum Gasteiger partial charge on any atom is 0.402 e. The first-order valence-electron chi connectivity index (χ1n) is 6.30. The minimum absolute atomic E-state index is 0.215. The highest BCUT2D eigenvalue weighted by molar-refractivity contribution is 7.89. The molecule has 0 amide bonds. The minimum Gasteiger partial charge on any atom is -0.324 e. The Kier molecular flexibility index (Phi) is 5.68. The lowest BCUT2D eigenvalue weighted by Crippen LogP contribution is -2.45. The van der Waals surface area contributed by atoms with Gasteiger partial charge in [-0.05, 0) is 12.8 Å². The second-order valence-corrected chi connectivity index (χ2v) is 6.75. The molecule has 1 aromatic heterocycles. The molecule has 0 aliphatic rings. The number of sulfonamides is 1. The van der Waals surface area contributed by atoms with Crippen molar-refractivity contribution in [2.24, 2.45) is 7.05 Å². The van der Waals surface area contributed by atoms with Gasteiger partial charge < -0.3 is 4.57 Å². The molecule has 0 aromatic carbocycles. The van der Waals surface area contributed by atoms with Crippen LogP contribution >= 0.6 is 11.6 Å². The standard InChI is InChI=1S/C11H17ClF3N3O2S/c1-4-8(5-2)18(6-11(13,14)15)21(19,20)10-9(12)17(3)7-16-10/h7-8H,4-6H2,1-3H3. The van der Waals surface area contributed by atoms with Gasteiger partial charge in [0.2, 0.25) is 5.03 Å². The summed E-state index contributed by atoms with van der Waals surface area (Å²) < 4.78 is 64.8. The van der Waals surface area contributed by atoms with Crippen molar-refractivity contribution in [2.45, 2.75) is 43.9 Å². The highest BCUT2D eigenvalue weighted by Crippen LogP contribution is 2.29. The summed E-state index contributed by atoms with van der Waals surface area (Å²) in [6.45, 7) is 1.70. The number of rotatable bonds is 6. The first-order chi connectivity index (χ1) is 9.54. The molecule has 0 saturated carbocycles. The van der Waals surface area contributed by atoms with E-state index in [1.807, 2.05) is 0 Å². The summed E-state index contributed by atoms with van der Waals surface area (Å²) in [5.74, 6) is 0. The predicted octanol–water partition coefficient (Wildman–Crippen LogP) is 2.82. The van der Waals surface area contributed by atoms with Crippen LogP contribution in [0.3, 0.4) is 0 Å². The van der Waals surface area contributed by atoms with Crippen molar-refractivity contribution < 1.29 is 21.6 Å². The van der Waals surface area contributed by atoms with Crippen LogP contribution in [0.2, 0.25) is 5.15 Å². The van der Waals surface area contributed by atoms with Crippen molar-refractivity contribution in [3.05, 3.63) is 11.5 Å². The van der Waals surface area contributed by atoms with E-state index in [9.17, 15) is 21.6 Å². The highest BCUT2D eigenvalue weighted by atomic mass is 35.5. The van der Waals surface area contributed by atoms with Gasteiger partial charge in [0.1, 0.15) is 11.7 Å². The number of halogens is 4. The number of alkyl halides is 3. The summed E-state index contributed by atoms with van der Waals surface area (Å²) in [6.07, 6.45) is -2.97. The molecule has 10 heteroatoms. The first kappa shape index (κ1) is 18.2. The molecule has 1 rings (SSSR count). The van der Waals surface area contributed by atoms with Crippen molar-refractivity contribution in [2.75, 3.05) is 6.54 Å². The first-order valence-corrected chi connectivity index (χ1v) is 8.11. The number of hydrogen-bond acceptors (Lipinski definition) is 3. The quantitative estimate of drug-likeness (QED) is 0.795. The monoisotopic (exact) mass is 347 g/mol. The molecular formula is C11H17ClF3N3O2S. The lowest BCUT2D eigenvalue weighted by Gasteiger charge is -2.29. The Morgan fingerprint density at radius 1 is 1.38 bits per heavy atom. The van der Waals surface area contributed by atoms with Crippen LogP contribution in [0.25, 0.3) is 0 Å². The van der Waals surface area contributed by atoms with Gasteiger partial charge in [0.05, 0.1) is 6.33 Å². The Hall–Kier alpha value is -0.800. The van der Waals surface area contributed by atoms with Gasteiger partial charge in [0.25, 0.3) is 10.0 Å². The van der Waals surface area contributed by atoms with E-state index in [4.69, 9.17) is 11.6 Å². The lowest BCUT2D eigenvalue weighted by molar-refractivity contribution is -0.139. The highest BCUT2D eigenvalue weighted by Gasteiger charge is 2.41. The molecule has 0 N–H and O–H groups in total. The molecule has 0 bridgehead atoms. The summed E-state index contributed by atoms with van der Waals surface area (Å²) >= 11 is 5.81. The van der Waals surface area contributed by atoms with Crippen molar-refractivity contribution in [1.82, 2.24) is 13.9 Å². The molecule has 1 aromatic rings. The second kappa shape index (κ2) is 6.53. The van der Waals surface area contributed by atoms with Crippen LogP contribution in [-0.2, 0) is 17.1 Å². The molecule has 0 spiro atoms. The Morgan fingerprint density at radius 2 is 1.90 bits per heavy atom. The van der Waals surface area contributed by atoms with Gasteiger partial charge in [-0.3, -0.25) is 0 Å². The van der Waals surface area contributed by atoms with Crippen LogP contribution in [0, 0.1) is 0 Å². The van der Waals surface area contributed by atoms with E-state index in [1.165, 1.54) is 11.6 Å². The predicted molar refractivity (Wildman–Crippen MR) is 72.5 cm³/mol. The van der Waals surface area contributed by atoms with Gasteiger partial charge in [-0.1, -0.05) is 25.4 Å². The average molecular weight is 348 g/mol. The van der Waals surface area contributed by atoms with Crippen molar-refractivity contribution in [3.63, 3.8) is 0 Å². The van der Waals surface area contributed by atoms with Gasteiger partial charge in [0, 0.05) is 13.1 Å². The third-order valence-corrected chi connectivity index (χ3v) is 5.46. The minimum atomic E-state index is -4.64. The van der Waals surface area contributed by atoms with Crippen LogP contribution in [0.4, 0.5) is 13.2 Å². The molecular weight excluding hydrogens is 331 g/mol. The third kappa shape index (κ3) is 4.10. The molecule has 1 heterocycles. The number of imidazole rings is 1. The summed E-state index contributed by atoms with van der Waals surface area (Å²) in [4.78, 5) is 3.62. The van der Waals surface area contributed by atoms with Crippen LogP contribution in [-0.4, -0.2) is 41.0 Å². The van der Waals surface area contributed by atoms with Crippen molar-refractivity contribution in [3.8, 4) is 0 Å². The van der Waals surface area contributed by atoms with Gasteiger partial charge >= 0.3 is 6.18 Å². The Morgan fingerprint density at radius 3 is 2.24 bits per heavy atom. The normalized spacial score (nSPS) is 13.4. The van der Waals surface area contributed by atoms with E-state index in [-0.39, 0.29) is 18.0 Å². The van der Waals surface area contributed by atoms with Gasteiger partial charge in [-0.25, -0.2) is 13.4 Å². The smallest absolute Gasteiger partial charge is 0.324 e. The largest absolute Gasteiger partial charge is 0.402 e. The molecule has 0 saturated heterocycles. The number of aromatic nitrogens is 2. The van der Waals surface area contributed by atoms with Gasteiger partial charge in [0.15, 0.2) is 0 Å². The van der Waals surface area contributed by atoms with Gasteiger partial charge in [-0.2, -0.15) is 17.5 Å². The Labute approximate surface area is 126 Å². The maximum absolute atomic E-state index is 12.7. The number of hydrogen-bond donors (Lipinski definition) is 0. The van der Waals surface area contributed by atoms with Crippen molar-refractivity contribution >= 4 is 21.6 Å². The zero-order chi connectivity index (χ0) is 16.4. The van der Waals surface area contributed by atoms with E-state index in [2.05, 4.69) is 4.98 Å². The summed E-state index contributed by atoms with van der Waals surface area (Å²) in [5.41, 5.74) is 0. The Balaban J connectivity index is 3.33. The van der Waals surface area contributed by atoms with Crippen LogP contribution in [0.15, 0.2) is 11.4 Å². The fourth-order valence-corrected chi connectivity index (χ4v) is 4.11. The summed E-state index contributed by atoms with van der Waals surface area (Å²) in [5, 5.41) is -0.768.